The lowest BCUT2D eigenvalue weighted by Crippen LogP contribution is -2.49. The number of nitrogens with zero attached hydrogens (tertiary/aromatic N) is 1. The number of aromatic nitrogens is 1. The number of amides is 1. The second-order valence-electron chi connectivity index (χ2n) is 7.72. The SMILES string of the molecule is COC(=O)[C@]12C[C@]3(C=CCN(CCc4c1[nH]c1ccccc41)C3=O)[C@H](C)O2. The summed E-state index contributed by atoms with van der Waals surface area (Å²) in [4.78, 5) is 31.7. The number of carbonyl (C=O) groups is 2. The molecule has 6 nitrogen and oxygen atoms in total. The van der Waals surface area contributed by atoms with Gasteiger partial charge in [0.05, 0.1) is 24.3 Å². The second-order valence-corrected chi connectivity index (χ2v) is 7.72. The molecule has 1 N–H and O–H groups in total. The van der Waals surface area contributed by atoms with E-state index in [1.807, 2.05) is 48.2 Å². The number of hydrogen-bond donors (Lipinski definition) is 1. The first-order valence-electron chi connectivity index (χ1n) is 9.35. The molecule has 6 heteroatoms. The van der Waals surface area contributed by atoms with Gasteiger partial charge in [-0.05, 0) is 25.0 Å². The smallest absolute Gasteiger partial charge is 0.344 e. The fourth-order valence-corrected chi connectivity index (χ4v) is 5.07. The lowest BCUT2D eigenvalue weighted by atomic mass is 9.73. The minimum atomic E-state index is -1.31. The van der Waals surface area contributed by atoms with E-state index in [0.717, 1.165) is 22.2 Å². The van der Waals surface area contributed by atoms with Crippen molar-refractivity contribution in [1.29, 1.82) is 0 Å². The summed E-state index contributed by atoms with van der Waals surface area (Å²) in [6, 6.07) is 7.99. The molecule has 1 amide bonds. The Morgan fingerprint density at radius 1 is 1.37 bits per heavy atom. The first kappa shape index (κ1) is 16.6. The summed E-state index contributed by atoms with van der Waals surface area (Å²) >= 11 is 0. The van der Waals surface area contributed by atoms with E-state index >= 15 is 0 Å². The van der Waals surface area contributed by atoms with Gasteiger partial charge in [-0.2, -0.15) is 0 Å². The number of benzene rings is 1. The molecule has 1 aromatic carbocycles. The quantitative estimate of drug-likeness (QED) is 0.621. The molecule has 2 aromatic rings. The molecule has 0 radical (unpaired) electrons. The molecular formula is C21H22N2O4. The summed E-state index contributed by atoms with van der Waals surface area (Å²) in [7, 11) is 1.37. The van der Waals surface area contributed by atoms with Crippen molar-refractivity contribution in [3.8, 4) is 0 Å². The molecule has 0 unspecified atom stereocenters. The Labute approximate surface area is 157 Å². The van der Waals surface area contributed by atoms with Gasteiger partial charge in [-0.25, -0.2) is 4.79 Å². The number of ether oxygens (including phenoxy) is 2. The number of H-pyrrole nitrogens is 1. The van der Waals surface area contributed by atoms with Gasteiger partial charge in [0, 0.05) is 30.4 Å². The van der Waals surface area contributed by atoms with E-state index in [1.165, 1.54) is 7.11 Å². The van der Waals surface area contributed by atoms with Crippen molar-refractivity contribution < 1.29 is 19.1 Å². The molecule has 0 aliphatic carbocycles. The van der Waals surface area contributed by atoms with Gasteiger partial charge in [-0.15, -0.1) is 0 Å². The number of carbonyl (C=O) groups excluding carboxylic acids is 2. The van der Waals surface area contributed by atoms with Crippen LogP contribution in [0.15, 0.2) is 36.4 Å². The third kappa shape index (κ3) is 1.99. The molecule has 0 saturated carbocycles. The van der Waals surface area contributed by atoms with Gasteiger partial charge in [0.2, 0.25) is 11.5 Å². The van der Waals surface area contributed by atoms with Gasteiger partial charge in [0.15, 0.2) is 0 Å². The summed E-state index contributed by atoms with van der Waals surface area (Å²) in [5.74, 6) is -0.419. The summed E-state index contributed by atoms with van der Waals surface area (Å²) < 4.78 is 11.5. The summed E-state index contributed by atoms with van der Waals surface area (Å²) in [6.07, 6.45) is 4.44. The standard InChI is InChI=1S/C21H22N2O4/c1-13-20-9-5-10-23(18(20)24)11-8-15-14-6-3-4-7-16(14)22-17(15)21(12-20,27-13)19(25)26-2/h3-7,9,13,22H,8,10-12H2,1-2H3/t13-,20+,21-/m0/s1. The summed E-state index contributed by atoms with van der Waals surface area (Å²) in [5, 5.41) is 1.06. The van der Waals surface area contributed by atoms with E-state index in [2.05, 4.69) is 4.98 Å². The third-order valence-corrected chi connectivity index (χ3v) is 6.44. The van der Waals surface area contributed by atoms with Crippen molar-refractivity contribution in [1.82, 2.24) is 9.88 Å². The van der Waals surface area contributed by atoms with Gasteiger partial charge in [-0.1, -0.05) is 30.4 Å². The average molecular weight is 366 g/mol. The predicted molar refractivity (Wildman–Crippen MR) is 99.0 cm³/mol. The fourth-order valence-electron chi connectivity index (χ4n) is 5.07. The minimum Gasteiger partial charge on any atom is -0.467 e. The molecule has 3 aliphatic heterocycles. The van der Waals surface area contributed by atoms with Crippen LogP contribution in [-0.2, 0) is 31.1 Å². The lowest BCUT2D eigenvalue weighted by molar-refractivity contribution is -0.170. The number of hydrogen-bond acceptors (Lipinski definition) is 4. The van der Waals surface area contributed by atoms with Crippen LogP contribution in [-0.4, -0.2) is 48.1 Å². The Kier molecular flexibility index (Phi) is 3.35. The van der Waals surface area contributed by atoms with Gasteiger partial charge in [0.1, 0.15) is 0 Å². The van der Waals surface area contributed by atoms with Gasteiger partial charge < -0.3 is 19.4 Å². The Morgan fingerprint density at radius 2 is 2.19 bits per heavy atom. The van der Waals surface area contributed by atoms with Gasteiger partial charge >= 0.3 is 5.97 Å². The Bertz CT molecular complexity index is 993. The number of esters is 1. The number of fused-ring (bicyclic) bond motifs is 6. The predicted octanol–water partition coefficient (Wildman–Crippen LogP) is 2.29. The number of para-hydroxylation sites is 1. The zero-order chi connectivity index (χ0) is 18.8. The number of rotatable bonds is 1. The van der Waals surface area contributed by atoms with Crippen LogP contribution in [0.25, 0.3) is 10.9 Å². The van der Waals surface area contributed by atoms with Crippen LogP contribution in [0.4, 0.5) is 0 Å². The van der Waals surface area contributed by atoms with E-state index in [-0.39, 0.29) is 12.3 Å². The molecular weight excluding hydrogens is 344 g/mol. The molecule has 3 aliphatic rings. The molecule has 1 fully saturated rings. The number of methoxy groups -OCH3 is 1. The van der Waals surface area contributed by atoms with Crippen molar-refractivity contribution >= 4 is 22.8 Å². The van der Waals surface area contributed by atoms with Crippen molar-refractivity contribution in [2.24, 2.45) is 5.41 Å². The largest absolute Gasteiger partial charge is 0.467 e. The molecule has 140 valence electrons. The zero-order valence-electron chi connectivity index (χ0n) is 15.5. The fraction of sp³-hybridized carbons (Fsp3) is 0.429. The first-order valence-corrected chi connectivity index (χ1v) is 9.35. The number of nitrogens with one attached hydrogen (secondary N) is 1. The van der Waals surface area contributed by atoms with Crippen LogP contribution in [0, 0.1) is 5.41 Å². The van der Waals surface area contributed by atoms with Crippen LogP contribution in [0.1, 0.15) is 24.6 Å². The van der Waals surface area contributed by atoms with Gasteiger partial charge in [-0.3, -0.25) is 4.79 Å². The maximum absolute atomic E-state index is 13.3. The number of aromatic amines is 1. The van der Waals surface area contributed by atoms with E-state index in [1.54, 1.807) is 0 Å². The summed E-state index contributed by atoms with van der Waals surface area (Å²) in [6.45, 7) is 3.08. The molecule has 27 heavy (non-hydrogen) atoms. The van der Waals surface area contributed by atoms with Crippen LogP contribution in [0.5, 0.6) is 0 Å². The monoisotopic (exact) mass is 366 g/mol. The highest BCUT2D eigenvalue weighted by atomic mass is 16.6. The van der Waals surface area contributed by atoms with E-state index in [4.69, 9.17) is 9.47 Å². The van der Waals surface area contributed by atoms with Gasteiger partial charge in [0.25, 0.3) is 0 Å². The minimum absolute atomic E-state index is 0.0396. The lowest BCUT2D eigenvalue weighted by Gasteiger charge is -2.37. The van der Waals surface area contributed by atoms with Crippen LogP contribution < -0.4 is 0 Å². The second kappa shape index (κ2) is 5.45. The summed E-state index contributed by atoms with van der Waals surface area (Å²) in [5.41, 5.74) is 0.571. The average Bonchev–Trinajstić information content (AvgIpc) is 3.19. The van der Waals surface area contributed by atoms with Crippen LogP contribution in [0.2, 0.25) is 0 Å². The van der Waals surface area contributed by atoms with E-state index < -0.39 is 23.1 Å². The molecule has 3 atom stereocenters. The maximum atomic E-state index is 13.3. The van der Waals surface area contributed by atoms with Crippen molar-refractivity contribution in [2.75, 3.05) is 20.2 Å². The Morgan fingerprint density at radius 3 is 3.00 bits per heavy atom. The highest BCUT2D eigenvalue weighted by Gasteiger charge is 2.64. The molecule has 5 rings (SSSR count). The molecule has 1 spiro atoms. The highest BCUT2D eigenvalue weighted by Crippen LogP contribution is 2.54. The first-order chi connectivity index (χ1) is 13.0. The Balaban J connectivity index is 1.82. The molecule has 1 aromatic heterocycles. The highest BCUT2D eigenvalue weighted by molar-refractivity contribution is 5.93. The normalized spacial score (nSPS) is 32.0. The molecule has 3 bridgehead atoms. The van der Waals surface area contributed by atoms with Crippen LogP contribution >= 0.6 is 0 Å². The van der Waals surface area contributed by atoms with Crippen molar-refractivity contribution in [3.05, 3.63) is 47.7 Å². The van der Waals surface area contributed by atoms with Crippen LogP contribution in [0.3, 0.4) is 0 Å². The maximum Gasteiger partial charge on any atom is 0.344 e. The van der Waals surface area contributed by atoms with E-state index in [0.29, 0.717) is 19.5 Å². The third-order valence-electron chi connectivity index (χ3n) is 6.44. The molecule has 1 saturated heterocycles. The topological polar surface area (TPSA) is 71.6 Å². The molecule has 4 heterocycles. The van der Waals surface area contributed by atoms with Crippen molar-refractivity contribution in [2.45, 2.75) is 31.5 Å². The zero-order valence-corrected chi connectivity index (χ0v) is 15.5. The van der Waals surface area contributed by atoms with Crippen molar-refractivity contribution in [3.63, 3.8) is 0 Å². The Hall–Kier alpha value is -2.60. The van der Waals surface area contributed by atoms with E-state index in [9.17, 15) is 9.59 Å².